The summed E-state index contributed by atoms with van der Waals surface area (Å²) in [4.78, 5) is 20.9. The Balaban J connectivity index is 1.55. The SMILES string of the molecule is N#Cc1ccc(OCC(=O)N(Cc2ccccc2)c2nc3c(s2)CCCC3)c(Cl)c1. The predicted octanol–water partition coefficient (Wildman–Crippen LogP) is 5.16. The number of anilines is 1. The number of carbonyl (C=O) groups is 1. The minimum Gasteiger partial charge on any atom is -0.482 e. The molecule has 1 heterocycles. The average molecular weight is 438 g/mol. The van der Waals surface area contributed by atoms with Gasteiger partial charge in [-0.05, 0) is 49.4 Å². The molecule has 0 N–H and O–H groups in total. The molecule has 0 saturated carbocycles. The van der Waals surface area contributed by atoms with Crippen molar-refractivity contribution in [2.24, 2.45) is 0 Å². The highest BCUT2D eigenvalue weighted by atomic mass is 35.5. The fourth-order valence-electron chi connectivity index (χ4n) is 3.39. The van der Waals surface area contributed by atoms with Gasteiger partial charge in [-0.3, -0.25) is 9.69 Å². The fraction of sp³-hybridized carbons (Fsp3) is 0.261. The Bertz CT molecular complexity index is 1070. The van der Waals surface area contributed by atoms with Gasteiger partial charge in [-0.25, -0.2) is 4.98 Å². The number of aryl methyl sites for hydroxylation is 2. The Labute approximate surface area is 184 Å². The van der Waals surface area contributed by atoms with E-state index < -0.39 is 0 Å². The van der Waals surface area contributed by atoms with E-state index in [0.29, 0.717) is 28.0 Å². The average Bonchev–Trinajstić information content (AvgIpc) is 3.21. The maximum atomic E-state index is 13.1. The number of nitrogens with zero attached hydrogens (tertiary/aromatic N) is 3. The summed E-state index contributed by atoms with van der Waals surface area (Å²) < 4.78 is 5.68. The number of ether oxygens (including phenoxy) is 1. The van der Waals surface area contributed by atoms with Gasteiger partial charge >= 0.3 is 0 Å². The zero-order valence-corrected chi connectivity index (χ0v) is 17.9. The molecule has 7 heteroatoms. The van der Waals surface area contributed by atoms with Crippen molar-refractivity contribution in [3.05, 3.63) is 75.3 Å². The molecule has 30 heavy (non-hydrogen) atoms. The lowest BCUT2D eigenvalue weighted by Gasteiger charge is -2.20. The summed E-state index contributed by atoms with van der Waals surface area (Å²) in [7, 11) is 0. The van der Waals surface area contributed by atoms with Crippen LogP contribution in [0.2, 0.25) is 5.02 Å². The van der Waals surface area contributed by atoms with E-state index >= 15 is 0 Å². The number of benzene rings is 2. The van der Waals surface area contributed by atoms with Crippen molar-refractivity contribution in [3.8, 4) is 11.8 Å². The molecule has 1 amide bonds. The van der Waals surface area contributed by atoms with Crippen molar-refractivity contribution in [1.29, 1.82) is 5.26 Å². The molecule has 0 saturated heterocycles. The lowest BCUT2D eigenvalue weighted by molar-refractivity contribution is -0.120. The first-order valence-corrected chi connectivity index (χ1v) is 11.0. The molecule has 0 radical (unpaired) electrons. The highest BCUT2D eigenvalue weighted by Crippen LogP contribution is 2.33. The van der Waals surface area contributed by atoms with Crippen molar-refractivity contribution in [2.45, 2.75) is 32.2 Å². The molecule has 0 spiro atoms. The number of amides is 1. The van der Waals surface area contributed by atoms with E-state index in [0.717, 1.165) is 30.5 Å². The molecule has 5 nitrogen and oxygen atoms in total. The fourth-order valence-corrected chi connectivity index (χ4v) is 4.79. The van der Waals surface area contributed by atoms with Crippen molar-refractivity contribution < 1.29 is 9.53 Å². The Morgan fingerprint density at radius 2 is 2.00 bits per heavy atom. The Morgan fingerprint density at radius 1 is 1.20 bits per heavy atom. The minimum absolute atomic E-state index is 0.164. The van der Waals surface area contributed by atoms with Gasteiger partial charge in [-0.1, -0.05) is 41.9 Å². The molecular formula is C23H20ClN3O2S. The normalized spacial score (nSPS) is 12.7. The van der Waals surface area contributed by atoms with Crippen LogP contribution < -0.4 is 9.64 Å². The number of fused-ring (bicyclic) bond motifs is 1. The van der Waals surface area contributed by atoms with Crippen LogP contribution in [0.1, 0.15) is 34.5 Å². The number of hydrogen-bond acceptors (Lipinski definition) is 5. The van der Waals surface area contributed by atoms with Crippen LogP contribution in [0.25, 0.3) is 0 Å². The molecule has 0 bridgehead atoms. The number of carbonyl (C=O) groups excluding carboxylic acids is 1. The first-order valence-electron chi connectivity index (χ1n) is 9.79. The van der Waals surface area contributed by atoms with Gasteiger partial charge < -0.3 is 4.74 Å². The van der Waals surface area contributed by atoms with Crippen LogP contribution >= 0.6 is 22.9 Å². The number of nitriles is 1. The standard InChI is InChI=1S/C23H20ClN3O2S/c24-18-12-17(13-25)10-11-20(18)29-15-22(28)27(14-16-6-2-1-3-7-16)23-26-19-8-4-5-9-21(19)30-23/h1-3,6-7,10-12H,4-5,8-9,14-15H2. The van der Waals surface area contributed by atoms with E-state index in [-0.39, 0.29) is 12.5 Å². The second-order valence-corrected chi connectivity index (χ2v) is 8.55. The molecule has 3 aromatic rings. The van der Waals surface area contributed by atoms with Crippen LogP contribution in [0.3, 0.4) is 0 Å². The van der Waals surface area contributed by atoms with Gasteiger partial charge in [-0.2, -0.15) is 5.26 Å². The van der Waals surface area contributed by atoms with Crippen LogP contribution in [0.15, 0.2) is 48.5 Å². The first-order chi connectivity index (χ1) is 14.6. The second kappa shape index (κ2) is 9.29. The van der Waals surface area contributed by atoms with Gasteiger partial charge in [-0.15, -0.1) is 11.3 Å². The summed E-state index contributed by atoms with van der Waals surface area (Å²) in [5.41, 5.74) is 2.58. The van der Waals surface area contributed by atoms with E-state index in [9.17, 15) is 4.79 Å². The van der Waals surface area contributed by atoms with Gasteiger partial charge in [0.1, 0.15) is 5.75 Å². The second-order valence-electron chi connectivity index (χ2n) is 7.08. The van der Waals surface area contributed by atoms with Crippen LogP contribution in [0, 0.1) is 11.3 Å². The van der Waals surface area contributed by atoms with Gasteiger partial charge in [0.15, 0.2) is 11.7 Å². The van der Waals surface area contributed by atoms with Crippen molar-refractivity contribution in [1.82, 2.24) is 4.98 Å². The first kappa shape index (κ1) is 20.4. The third-order valence-corrected chi connectivity index (χ3v) is 6.44. The van der Waals surface area contributed by atoms with Crippen LogP contribution in [-0.4, -0.2) is 17.5 Å². The summed E-state index contributed by atoms with van der Waals surface area (Å²) in [6.07, 6.45) is 4.30. The Kier molecular flexibility index (Phi) is 6.32. The molecule has 4 rings (SSSR count). The summed E-state index contributed by atoms with van der Waals surface area (Å²) in [6, 6.07) is 16.6. The Morgan fingerprint density at radius 3 is 2.73 bits per heavy atom. The lowest BCUT2D eigenvalue weighted by atomic mass is 10.0. The highest BCUT2D eigenvalue weighted by Gasteiger charge is 2.24. The number of rotatable bonds is 6. The summed E-state index contributed by atoms with van der Waals surface area (Å²) in [5, 5.41) is 9.98. The maximum absolute atomic E-state index is 13.1. The summed E-state index contributed by atoms with van der Waals surface area (Å²) in [6.45, 7) is 0.263. The molecule has 0 atom stereocenters. The highest BCUT2D eigenvalue weighted by molar-refractivity contribution is 7.15. The lowest BCUT2D eigenvalue weighted by Crippen LogP contribution is -2.34. The molecule has 0 fully saturated rings. The van der Waals surface area contributed by atoms with Crippen molar-refractivity contribution in [3.63, 3.8) is 0 Å². The van der Waals surface area contributed by atoms with E-state index in [4.69, 9.17) is 26.6 Å². The molecule has 1 aromatic heterocycles. The van der Waals surface area contributed by atoms with E-state index in [1.807, 2.05) is 36.4 Å². The number of hydrogen-bond donors (Lipinski definition) is 0. The summed E-state index contributed by atoms with van der Waals surface area (Å²) in [5.74, 6) is 0.187. The Hall–Kier alpha value is -2.88. The van der Waals surface area contributed by atoms with Gasteiger partial charge in [0.25, 0.3) is 5.91 Å². The third kappa shape index (κ3) is 4.64. The predicted molar refractivity (Wildman–Crippen MR) is 118 cm³/mol. The van der Waals surface area contributed by atoms with Crippen LogP contribution in [0.5, 0.6) is 5.75 Å². The van der Waals surface area contributed by atoms with Gasteiger partial charge in [0, 0.05) is 4.88 Å². The molecule has 1 aliphatic rings. The molecule has 2 aromatic carbocycles. The topological polar surface area (TPSA) is 66.2 Å². The third-order valence-electron chi connectivity index (χ3n) is 4.96. The summed E-state index contributed by atoms with van der Waals surface area (Å²) >= 11 is 7.77. The molecule has 0 unspecified atom stereocenters. The molecular weight excluding hydrogens is 418 g/mol. The largest absolute Gasteiger partial charge is 0.482 e. The quantitative estimate of drug-likeness (QED) is 0.534. The van der Waals surface area contributed by atoms with E-state index in [2.05, 4.69) is 0 Å². The molecule has 1 aliphatic carbocycles. The van der Waals surface area contributed by atoms with E-state index in [1.54, 1.807) is 28.4 Å². The molecule has 152 valence electrons. The van der Waals surface area contributed by atoms with E-state index in [1.165, 1.54) is 17.4 Å². The van der Waals surface area contributed by atoms with Crippen molar-refractivity contribution in [2.75, 3.05) is 11.5 Å². The van der Waals surface area contributed by atoms with Crippen molar-refractivity contribution >= 4 is 34.0 Å². The number of thiazole rings is 1. The van der Waals surface area contributed by atoms with Gasteiger partial charge in [0.2, 0.25) is 0 Å². The number of aromatic nitrogens is 1. The zero-order chi connectivity index (χ0) is 20.9. The van der Waals surface area contributed by atoms with Crippen LogP contribution in [0.4, 0.5) is 5.13 Å². The smallest absolute Gasteiger partial charge is 0.267 e. The molecule has 0 aliphatic heterocycles. The minimum atomic E-state index is -0.189. The van der Waals surface area contributed by atoms with Gasteiger partial charge in [0.05, 0.1) is 28.9 Å². The van der Waals surface area contributed by atoms with Crippen LogP contribution in [-0.2, 0) is 24.2 Å². The zero-order valence-electron chi connectivity index (χ0n) is 16.3. The monoisotopic (exact) mass is 437 g/mol. The maximum Gasteiger partial charge on any atom is 0.267 e. The number of halogens is 1.